The lowest BCUT2D eigenvalue weighted by Gasteiger charge is -2.07. The molecule has 1 unspecified atom stereocenters. The second kappa shape index (κ2) is 3.89. The Morgan fingerprint density at radius 3 is 2.62 bits per heavy atom. The van der Waals surface area contributed by atoms with E-state index < -0.39 is 12.7 Å². The van der Waals surface area contributed by atoms with Gasteiger partial charge in [-0.3, -0.25) is 0 Å². The van der Waals surface area contributed by atoms with Crippen molar-refractivity contribution in [3.63, 3.8) is 0 Å². The van der Waals surface area contributed by atoms with E-state index in [0.29, 0.717) is 4.68 Å². The number of anilines is 1. The molecule has 2 rings (SSSR count). The Balaban J connectivity index is 2.69. The number of rotatable bonds is 2. The van der Waals surface area contributed by atoms with E-state index in [1.165, 1.54) is 0 Å². The highest BCUT2D eigenvalue weighted by Gasteiger charge is 2.26. The number of nitrogen functional groups attached to an aromatic ring is 1. The number of halogens is 4. The highest BCUT2D eigenvalue weighted by molar-refractivity contribution is 9.10. The van der Waals surface area contributed by atoms with Gasteiger partial charge in [0.25, 0.3) is 12.7 Å². The van der Waals surface area contributed by atoms with Crippen LogP contribution in [-0.2, 0) is 0 Å². The van der Waals surface area contributed by atoms with Crippen LogP contribution in [0.5, 0.6) is 0 Å². The molecule has 0 radical (unpaired) electrons. The number of hydrogen-bond donors (Lipinski definition) is 1. The minimum Gasteiger partial charge on any atom is -0.383 e. The van der Waals surface area contributed by atoms with Crippen molar-refractivity contribution in [2.24, 2.45) is 0 Å². The van der Waals surface area contributed by atoms with Crippen molar-refractivity contribution in [3.05, 3.63) is 10.9 Å². The minimum atomic E-state index is -3.19. The molecule has 1 atom stereocenters. The molecule has 0 fully saturated rings. The summed E-state index contributed by atoms with van der Waals surface area (Å²) < 4.78 is 38.2. The monoisotopic (exact) mass is 295 g/mol. The molecule has 2 heterocycles. The molecule has 0 bridgehead atoms. The highest BCUT2D eigenvalue weighted by Crippen LogP contribution is 2.29. The molecular formula is C7H5BrF3N5. The lowest BCUT2D eigenvalue weighted by molar-refractivity contribution is 0.00292. The summed E-state index contributed by atoms with van der Waals surface area (Å²) >= 11 is 2.98. The van der Waals surface area contributed by atoms with Crippen molar-refractivity contribution in [2.45, 2.75) is 12.7 Å². The second-order valence-electron chi connectivity index (χ2n) is 2.90. The van der Waals surface area contributed by atoms with Crippen molar-refractivity contribution in [1.82, 2.24) is 19.7 Å². The molecule has 2 aromatic heterocycles. The molecule has 16 heavy (non-hydrogen) atoms. The molecule has 2 N–H and O–H groups in total. The molecule has 5 nitrogen and oxygen atoms in total. The van der Waals surface area contributed by atoms with Crippen molar-refractivity contribution in [1.29, 1.82) is 0 Å². The highest BCUT2D eigenvalue weighted by atomic mass is 79.9. The lowest BCUT2D eigenvalue weighted by atomic mass is 10.4. The Hall–Kier alpha value is -1.38. The van der Waals surface area contributed by atoms with Crippen LogP contribution in [0.4, 0.5) is 19.0 Å². The number of alkyl halides is 3. The van der Waals surface area contributed by atoms with E-state index in [4.69, 9.17) is 5.73 Å². The molecule has 0 saturated carbocycles. The quantitative estimate of drug-likeness (QED) is 0.919. The summed E-state index contributed by atoms with van der Waals surface area (Å²) in [6.45, 7) is 0. The van der Waals surface area contributed by atoms with Crippen LogP contribution in [-0.4, -0.2) is 26.2 Å². The summed E-state index contributed by atoms with van der Waals surface area (Å²) in [5, 5.41) is 3.78. The first-order chi connectivity index (χ1) is 7.52. The van der Waals surface area contributed by atoms with E-state index in [0.717, 1.165) is 6.33 Å². The lowest BCUT2D eigenvalue weighted by Crippen LogP contribution is -2.14. The summed E-state index contributed by atoms with van der Waals surface area (Å²) in [5.74, 6) is 0.0459. The SMILES string of the molecule is Nc1ncnc2c1c(Br)nn2C(F)C(F)F. The Morgan fingerprint density at radius 1 is 1.31 bits per heavy atom. The van der Waals surface area contributed by atoms with Gasteiger partial charge in [-0.25, -0.2) is 27.8 Å². The number of nitrogens with zero attached hydrogens (tertiary/aromatic N) is 4. The maximum Gasteiger partial charge on any atom is 0.289 e. The van der Waals surface area contributed by atoms with E-state index >= 15 is 0 Å². The van der Waals surface area contributed by atoms with Gasteiger partial charge in [-0.2, -0.15) is 5.10 Å². The van der Waals surface area contributed by atoms with Gasteiger partial charge >= 0.3 is 0 Å². The largest absolute Gasteiger partial charge is 0.383 e. The first-order valence-electron chi connectivity index (χ1n) is 4.08. The molecule has 0 aromatic carbocycles. The zero-order valence-corrected chi connectivity index (χ0v) is 9.20. The van der Waals surface area contributed by atoms with Crippen molar-refractivity contribution >= 4 is 32.8 Å². The van der Waals surface area contributed by atoms with Crippen LogP contribution >= 0.6 is 15.9 Å². The fourth-order valence-electron chi connectivity index (χ4n) is 1.23. The van der Waals surface area contributed by atoms with Gasteiger partial charge in [0, 0.05) is 0 Å². The van der Waals surface area contributed by atoms with Crippen molar-refractivity contribution in [3.8, 4) is 0 Å². The summed E-state index contributed by atoms with van der Waals surface area (Å²) in [4.78, 5) is 7.33. The predicted molar refractivity (Wildman–Crippen MR) is 53.6 cm³/mol. The first kappa shape index (κ1) is 11.1. The smallest absolute Gasteiger partial charge is 0.289 e. The second-order valence-corrected chi connectivity index (χ2v) is 3.65. The average molecular weight is 296 g/mol. The summed E-state index contributed by atoms with van der Waals surface area (Å²) in [6.07, 6.45) is -4.70. The topological polar surface area (TPSA) is 69.6 Å². The molecular weight excluding hydrogens is 291 g/mol. The number of hydrogen-bond acceptors (Lipinski definition) is 4. The van der Waals surface area contributed by atoms with Crippen LogP contribution in [0.25, 0.3) is 11.0 Å². The van der Waals surface area contributed by atoms with Gasteiger partial charge in [0.15, 0.2) is 5.65 Å². The van der Waals surface area contributed by atoms with Crippen LogP contribution in [0, 0.1) is 0 Å². The Labute approximate surface area is 95.6 Å². The van der Waals surface area contributed by atoms with Crippen LogP contribution in [0.1, 0.15) is 6.30 Å². The average Bonchev–Trinajstić information content (AvgIpc) is 2.56. The molecule has 9 heteroatoms. The molecule has 0 aliphatic rings. The summed E-state index contributed by atoms with van der Waals surface area (Å²) in [5.41, 5.74) is 5.43. The van der Waals surface area contributed by atoms with Gasteiger partial charge in [-0.05, 0) is 15.9 Å². The molecule has 2 aromatic rings. The van der Waals surface area contributed by atoms with Gasteiger partial charge in [0.2, 0.25) is 0 Å². The molecule has 86 valence electrons. The Kier molecular flexibility index (Phi) is 2.70. The predicted octanol–water partition coefficient (Wildman–Crippen LogP) is 1.90. The van der Waals surface area contributed by atoms with Crippen molar-refractivity contribution < 1.29 is 13.2 Å². The van der Waals surface area contributed by atoms with Gasteiger partial charge in [-0.15, -0.1) is 0 Å². The van der Waals surface area contributed by atoms with Crippen LogP contribution in [0.3, 0.4) is 0 Å². The normalized spacial score (nSPS) is 13.6. The van der Waals surface area contributed by atoms with Crippen LogP contribution < -0.4 is 5.73 Å². The molecule has 0 amide bonds. The zero-order valence-electron chi connectivity index (χ0n) is 7.61. The number of fused-ring (bicyclic) bond motifs is 1. The zero-order chi connectivity index (χ0) is 11.9. The van der Waals surface area contributed by atoms with Gasteiger partial charge in [0.05, 0.1) is 5.39 Å². The standard InChI is InChI=1S/C7H5BrF3N5/c8-3-2-6(12)13-1-14-7(2)16(15-3)5(11)4(9)10/h1,4-5H,(H2,12,13,14). The fraction of sp³-hybridized carbons (Fsp3) is 0.286. The third kappa shape index (κ3) is 1.60. The van der Waals surface area contributed by atoms with Crippen LogP contribution in [0.15, 0.2) is 10.9 Å². The van der Waals surface area contributed by atoms with E-state index in [9.17, 15) is 13.2 Å². The Bertz CT molecular complexity index is 528. The van der Waals surface area contributed by atoms with Gasteiger partial charge < -0.3 is 5.73 Å². The van der Waals surface area contributed by atoms with E-state index in [1.54, 1.807) is 0 Å². The molecule has 0 saturated heterocycles. The van der Waals surface area contributed by atoms with Gasteiger partial charge in [-0.1, -0.05) is 0 Å². The molecule has 0 aliphatic heterocycles. The number of nitrogens with two attached hydrogens (primary N) is 1. The summed E-state index contributed by atoms with van der Waals surface area (Å²) in [7, 11) is 0. The minimum absolute atomic E-state index is 0.0459. The maximum absolute atomic E-state index is 13.2. The third-order valence-corrected chi connectivity index (χ3v) is 2.47. The number of aromatic nitrogens is 4. The Morgan fingerprint density at radius 2 is 2.00 bits per heavy atom. The van der Waals surface area contributed by atoms with Crippen LogP contribution in [0.2, 0.25) is 0 Å². The maximum atomic E-state index is 13.2. The van der Waals surface area contributed by atoms with E-state index in [-0.39, 0.29) is 21.5 Å². The molecule has 0 spiro atoms. The third-order valence-electron chi connectivity index (χ3n) is 1.92. The first-order valence-corrected chi connectivity index (χ1v) is 4.88. The van der Waals surface area contributed by atoms with E-state index in [2.05, 4.69) is 31.0 Å². The van der Waals surface area contributed by atoms with Gasteiger partial charge in [0.1, 0.15) is 16.7 Å². The van der Waals surface area contributed by atoms with E-state index in [1.807, 2.05) is 0 Å². The van der Waals surface area contributed by atoms with Crippen molar-refractivity contribution in [2.75, 3.05) is 5.73 Å². The summed E-state index contributed by atoms with van der Waals surface area (Å²) in [6, 6.07) is 0. The fourth-order valence-corrected chi connectivity index (χ4v) is 1.78. The molecule has 0 aliphatic carbocycles.